The highest BCUT2D eigenvalue weighted by Gasteiger charge is 2.32. The van der Waals surface area contributed by atoms with Crippen molar-refractivity contribution in [3.8, 4) is 0 Å². The van der Waals surface area contributed by atoms with Crippen LogP contribution in [0.5, 0.6) is 0 Å². The van der Waals surface area contributed by atoms with Gasteiger partial charge in [-0.25, -0.2) is 0 Å². The van der Waals surface area contributed by atoms with Crippen LogP contribution in [-0.2, 0) is 9.53 Å². The summed E-state index contributed by atoms with van der Waals surface area (Å²) in [6.07, 6.45) is 3.63. The fourth-order valence-corrected chi connectivity index (χ4v) is 2.35. The molecule has 0 unspecified atom stereocenters. The van der Waals surface area contributed by atoms with Crippen molar-refractivity contribution in [2.75, 3.05) is 39.8 Å². The number of carbonyl (C=O) groups excluding carboxylic acids is 1. The molecule has 1 aliphatic heterocycles. The largest absolute Gasteiger partial charge is 0.379 e. The Hall–Kier alpha value is -0.610. The van der Waals surface area contributed by atoms with Crippen LogP contribution >= 0.6 is 0 Å². The van der Waals surface area contributed by atoms with Crippen molar-refractivity contribution in [1.29, 1.82) is 0 Å². The van der Waals surface area contributed by atoms with E-state index in [2.05, 4.69) is 25.7 Å². The zero-order valence-corrected chi connectivity index (χ0v) is 13.0. The van der Waals surface area contributed by atoms with Crippen LogP contribution in [0.25, 0.3) is 0 Å². The summed E-state index contributed by atoms with van der Waals surface area (Å²) in [5, 5.41) is 0. The Bertz CT molecular complexity index is 263. The van der Waals surface area contributed by atoms with Crippen molar-refractivity contribution >= 4 is 5.91 Å². The number of rotatable bonds is 9. The summed E-state index contributed by atoms with van der Waals surface area (Å²) in [4.78, 5) is 16.3. The zero-order valence-electron chi connectivity index (χ0n) is 13.0. The predicted octanol–water partition coefficient (Wildman–Crippen LogP) is 1.99. The molecule has 0 aromatic rings. The first-order chi connectivity index (χ1) is 9.04. The van der Waals surface area contributed by atoms with E-state index in [0.717, 1.165) is 52.0 Å². The predicted molar refractivity (Wildman–Crippen MR) is 78.2 cm³/mol. The molecule has 112 valence electrons. The fourth-order valence-electron chi connectivity index (χ4n) is 2.35. The molecule has 0 saturated carbocycles. The van der Waals surface area contributed by atoms with Crippen molar-refractivity contribution in [3.05, 3.63) is 0 Å². The summed E-state index contributed by atoms with van der Waals surface area (Å²) in [5.41, 5.74) is 0. The Morgan fingerprint density at radius 3 is 2.58 bits per heavy atom. The maximum Gasteiger partial charge on any atom is 0.228 e. The summed E-state index contributed by atoms with van der Waals surface area (Å²) >= 11 is 0. The molecule has 19 heavy (non-hydrogen) atoms. The van der Waals surface area contributed by atoms with E-state index in [4.69, 9.17) is 4.74 Å². The molecule has 1 heterocycles. The number of carbonyl (C=O) groups is 1. The molecule has 4 nitrogen and oxygen atoms in total. The van der Waals surface area contributed by atoms with Crippen LogP contribution in [0.3, 0.4) is 0 Å². The Kier molecular flexibility index (Phi) is 7.39. The molecule has 1 fully saturated rings. The van der Waals surface area contributed by atoms with Gasteiger partial charge in [0.15, 0.2) is 0 Å². The third-order valence-corrected chi connectivity index (χ3v) is 3.72. The lowest BCUT2D eigenvalue weighted by atomic mass is 9.98. The third-order valence-electron chi connectivity index (χ3n) is 3.72. The average molecular weight is 270 g/mol. The van der Waals surface area contributed by atoms with Crippen LogP contribution in [0.15, 0.2) is 0 Å². The van der Waals surface area contributed by atoms with E-state index in [0.29, 0.717) is 12.0 Å². The van der Waals surface area contributed by atoms with Crippen LogP contribution in [0, 0.1) is 5.92 Å². The van der Waals surface area contributed by atoms with Crippen LogP contribution < -0.4 is 0 Å². The molecule has 0 bridgehead atoms. The normalized spacial score (nSPS) is 16.7. The maximum absolute atomic E-state index is 12.1. The van der Waals surface area contributed by atoms with Gasteiger partial charge >= 0.3 is 0 Å². The van der Waals surface area contributed by atoms with E-state index in [1.54, 1.807) is 0 Å². The van der Waals surface area contributed by atoms with Gasteiger partial charge in [0.25, 0.3) is 0 Å². The second-order valence-corrected chi connectivity index (χ2v) is 5.79. The molecular formula is C15H30N2O2. The van der Waals surface area contributed by atoms with Gasteiger partial charge in [0.05, 0.1) is 12.0 Å². The fraction of sp³-hybridized carbons (Fsp3) is 0.933. The smallest absolute Gasteiger partial charge is 0.228 e. The molecule has 1 saturated heterocycles. The van der Waals surface area contributed by atoms with Gasteiger partial charge in [-0.15, -0.1) is 0 Å². The molecule has 4 heteroatoms. The van der Waals surface area contributed by atoms with Crippen LogP contribution in [0.4, 0.5) is 0 Å². The summed E-state index contributed by atoms with van der Waals surface area (Å²) in [7, 11) is 1.93. The van der Waals surface area contributed by atoms with E-state index in [1.165, 1.54) is 0 Å². The molecule has 1 aliphatic rings. The number of ether oxygens (including phenoxy) is 1. The molecule has 0 aromatic heterocycles. The van der Waals surface area contributed by atoms with Gasteiger partial charge < -0.3 is 14.5 Å². The van der Waals surface area contributed by atoms with Gasteiger partial charge in [-0.1, -0.05) is 6.92 Å². The Morgan fingerprint density at radius 1 is 1.32 bits per heavy atom. The quantitative estimate of drug-likeness (QED) is 0.601. The van der Waals surface area contributed by atoms with E-state index in [-0.39, 0.29) is 5.92 Å². The zero-order chi connectivity index (χ0) is 14.3. The highest BCUT2D eigenvalue weighted by atomic mass is 16.5. The van der Waals surface area contributed by atoms with Gasteiger partial charge in [-0.2, -0.15) is 0 Å². The van der Waals surface area contributed by atoms with Crippen molar-refractivity contribution in [2.45, 2.75) is 46.1 Å². The first-order valence-corrected chi connectivity index (χ1v) is 7.63. The highest BCUT2D eigenvalue weighted by molar-refractivity contribution is 5.79. The molecular weight excluding hydrogens is 240 g/mol. The molecule has 1 amide bonds. The first kappa shape index (κ1) is 16.4. The van der Waals surface area contributed by atoms with E-state index < -0.39 is 0 Å². The molecule has 0 atom stereocenters. The van der Waals surface area contributed by atoms with Gasteiger partial charge in [-0.05, 0) is 39.7 Å². The van der Waals surface area contributed by atoms with E-state index >= 15 is 0 Å². The number of likely N-dealkylation sites (tertiary alicyclic amines) is 1. The molecule has 0 aromatic carbocycles. The van der Waals surface area contributed by atoms with Crippen molar-refractivity contribution < 1.29 is 9.53 Å². The SMILES string of the molecule is CCN1CC(C(=O)N(C)CCCCCOC(C)C)C1. The summed E-state index contributed by atoms with van der Waals surface area (Å²) in [6, 6.07) is 0. The highest BCUT2D eigenvalue weighted by Crippen LogP contribution is 2.17. The Balaban J connectivity index is 2.01. The molecule has 0 spiro atoms. The van der Waals surface area contributed by atoms with Gasteiger partial charge in [-0.3, -0.25) is 4.79 Å². The number of hydrogen-bond donors (Lipinski definition) is 0. The van der Waals surface area contributed by atoms with Gasteiger partial charge in [0.2, 0.25) is 5.91 Å². The molecule has 0 aliphatic carbocycles. The third kappa shape index (κ3) is 5.91. The maximum atomic E-state index is 12.1. The van der Waals surface area contributed by atoms with Crippen molar-refractivity contribution in [3.63, 3.8) is 0 Å². The lowest BCUT2D eigenvalue weighted by Gasteiger charge is -2.39. The minimum atomic E-state index is 0.245. The standard InChI is InChI=1S/C15H30N2O2/c1-5-17-11-14(12-17)15(18)16(4)9-7-6-8-10-19-13(2)3/h13-14H,5-12H2,1-4H3. The summed E-state index contributed by atoms with van der Waals surface area (Å²) in [5.74, 6) is 0.567. The molecule has 0 radical (unpaired) electrons. The summed E-state index contributed by atoms with van der Waals surface area (Å²) < 4.78 is 5.50. The number of amides is 1. The minimum absolute atomic E-state index is 0.245. The Labute approximate surface area is 118 Å². The lowest BCUT2D eigenvalue weighted by molar-refractivity contribution is -0.139. The topological polar surface area (TPSA) is 32.8 Å². The van der Waals surface area contributed by atoms with Crippen LogP contribution in [0.1, 0.15) is 40.0 Å². The monoisotopic (exact) mass is 270 g/mol. The van der Waals surface area contributed by atoms with E-state index in [9.17, 15) is 4.79 Å². The Morgan fingerprint density at radius 2 is 2.00 bits per heavy atom. The van der Waals surface area contributed by atoms with Crippen molar-refractivity contribution in [2.24, 2.45) is 5.92 Å². The van der Waals surface area contributed by atoms with Crippen LogP contribution in [0.2, 0.25) is 0 Å². The number of hydrogen-bond acceptors (Lipinski definition) is 3. The van der Waals surface area contributed by atoms with Crippen molar-refractivity contribution in [1.82, 2.24) is 9.80 Å². The summed E-state index contributed by atoms with van der Waals surface area (Å²) in [6.45, 7) is 10.9. The lowest BCUT2D eigenvalue weighted by Crippen LogP contribution is -2.53. The first-order valence-electron chi connectivity index (χ1n) is 7.63. The molecule has 0 N–H and O–H groups in total. The van der Waals surface area contributed by atoms with Gasteiger partial charge in [0.1, 0.15) is 0 Å². The molecule has 1 rings (SSSR count). The second kappa shape index (κ2) is 8.54. The number of unbranched alkanes of at least 4 members (excludes halogenated alkanes) is 2. The minimum Gasteiger partial charge on any atom is -0.379 e. The second-order valence-electron chi connectivity index (χ2n) is 5.79. The average Bonchev–Trinajstić information content (AvgIpc) is 2.31. The van der Waals surface area contributed by atoms with Crippen LogP contribution in [-0.4, -0.2) is 61.6 Å². The number of nitrogens with zero attached hydrogens (tertiary/aromatic N) is 2. The van der Waals surface area contributed by atoms with E-state index in [1.807, 2.05) is 11.9 Å². The van der Waals surface area contributed by atoms with Gasteiger partial charge in [0, 0.05) is 33.3 Å².